The number of rotatable bonds is 6. The molecule has 3 aromatic rings. The van der Waals surface area contributed by atoms with Crippen LogP contribution >= 0.6 is 0 Å². The van der Waals surface area contributed by atoms with Gasteiger partial charge in [0.15, 0.2) is 5.78 Å². The minimum Gasteiger partial charge on any atom is -0.295 e. The standard InChI is InChI=1S/C28H28O.C7H16/c1-18-8-11-22(12-9-18)28-26-15-13-23(21(4)29)17-24(26)6-5-7-27(28)25-14-10-19(2)16-20(25)3;1-4-6-7(3)5-2/h8-17H,5-7H2,1-4H3;7H,4-6H2,1-3H3. The molecule has 1 atom stereocenters. The molecule has 1 aliphatic rings. The lowest BCUT2D eigenvalue weighted by Gasteiger charge is -2.19. The van der Waals surface area contributed by atoms with Crippen molar-refractivity contribution in [3.8, 4) is 0 Å². The van der Waals surface area contributed by atoms with Crippen LogP contribution in [0.2, 0.25) is 0 Å². The summed E-state index contributed by atoms with van der Waals surface area (Å²) >= 11 is 0. The Labute approximate surface area is 219 Å². The van der Waals surface area contributed by atoms with Gasteiger partial charge in [-0.05, 0) is 97.9 Å². The van der Waals surface area contributed by atoms with E-state index in [9.17, 15) is 4.79 Å². The Hall–Kier alpha value is -2.93. The molecule has 1 heteroatoms. The van der Waals surface area contributed by atoms with Gasteiger partial charge in [-0.3, -0.25) is 4.79 Å². The van der Waals surface area contributed by atoms with Crippen LogP contribution in [0, 0.1) is 26.7 Å². The van der Waals surface area contributed by atoms with Crippen LogP contribution in [0.5, 0.6) is 0 Å². The normalized spacial score (nSPS) is 13.9. The largest absolute Gasteiger partial charge is 0.295 e. The van der Waals surface area contributed by atoms with Gasteiger partial charge in [0, 0.05) is 5.56 Å². The minimum atomic E-state index is 0.132. The third kappa shape index (κ3) is 6.84. The van der Waals surface area contributed by atoms with Crippen molar-refractivity contribution >= 4 is 16.9 Å². The highest BCUT2D eigenvalue weighted by Gasteiger charge is 2.21. The first-order chi connectivity index (χ1) is 17.2. The number of Topliss-reactive ketones (excluding diaryl/α,β-unsaturated/α-hetero) is 1. The number of allylic oxidation sites excluding steroid dienone is 1. The summed E-state index contributed by atoms with van der Waals surface area (Å²) in [6.45, 7) is 14.9. The second-order valence-electron chi connectivity index (χ2n) is 10.6. The molecule has 0 heterocycles. The predicted molar refractivity (Wildman–Crippen MR) is 157 cm³/mol. The lowest BCUT2D eigenvalue weighted by atomic mass is 9.85. The van der Waals surface area contributed by atoms with Gasteiger partial charge >= 0.3 is 0 Å². The summed E-state index contributed by atoms with van der Waals surface area (Å²) in [6, 6.07) is 21.9. The van der Waals surface area contributed by atoms with Crippen LogP contribution in [0.1, 0.15) is 109 Å². The maximum Gasteiger partial charge on any atom is 0.159 e. The van der Waals surface area contributed by atoms with Gasteiger partial charge in [-0.2, -0.15) is 0 Å². The Balaban J connectivity index is 0.000000454. The molecule has 0 aromatic heterocycles. The Kier molecular flexibility index (Phi) is 9.88. The van der Waals surface area contributed by atoms with E-state index < -0.39 is 0 Å². The van der Waals surface area contributed by atoms with E-state index in [4.69, 9.17) is 0 Å². The molecule has 4 rings (SSSR count). The van der Waals surface area contributed by atoms with Crippen LogP contribution < -0.4 is 0 Å². The highest BCUT2D eigenvalue weighted by atomic mass is 16.1. The quantitative estimate of drug-likeness (QED) is 0.321. The van der Waals surface area contributed by atoms with E-state index in [1.807, 2.05) is 6.07 Å². The molecule has 0 aliphatic heterocycles. The van der Waals surface area contributed by atoms with Gasteiger partial charge in [0.25, 0.3) is 0 Å². The molecule has 1 nitrogen and oxygen atoms in total. The van der Waals surface area contributed by atoms with Gasteiger partial charge in [0.1, 0.15) is 0 Å². The van der Waals surface area contributed by atoms with Crippen molar-refractivity contribution in [2.75, 3.05) is 0 Å². The molecular weight excluding hydrogens is 436 g/mol. The van der Waals surface area contributed by atoms with Crippen LogP contribution in [-0.2, 0) is 6.42 Å². The molecule has 0 N–H and O–H groups in total. The SMILES string of the molecule is CC(=O)c1ccc2c(c1)CCCC(c1ccc(C)cc1C)=C2c1ccc(C)cc1.CCCC(C)CC. The first-order valence-electron chi connectivity index (χ1n) is 13.8. The van der Waals surface area contributed by atoms with E-state index in [1.54, 1.807) is 6.92 Å². The van der Waals surface area contributed by atoms with Crippen molar-refractivity contribution < 1.29 is 4.79 Å². The number of benzene rings is 3. The molecular formula is C35H44O. The average molecular weight is 481 g/mol. The Morgan fingerprint density at radius 2 is 1.50 bits per heavy atom. The zero-order valence-corrected chi connectivity index (χ0v) is 23.5. The van der Waals surface area contributed by atoms with Crippen molar-refractivity contribution in [1.29, 1.82) is 0 Å². The average Bonchev–Trinajstić information content (AvgIpc) is 3.04. The number of hydrogen-bond donors (Lipinski definition) is 0. The minimum absolute atomic E-state index is 0.132. The van der Waals surface area contributed by atoms with Crippen LogP contribution in [-0.4, -0.2) is 5.78 Å². The second kappa shape index (κ2) is 12.9. The number of carbonyl (C=O) groups is 1. The van der Waals surface area contributed by atoms with E-state index in [0.717, 1.165) is 30.7 Å². The lowest BCUT2D eigenvalue weighted by Crippen LogP contribution is -2.00. The van der Waals surface area contributed by atoms with Crippen LogP contribution in [0.25, 0.3) is 11.1 Å². The molecule has 0 saturated carbocycles. The molecule has 0 bridgehead atoms. The fourth-order valence-electron chi connectivity index (χ4n) is 5.18. The van der Waals surface area contributed by atoms with Gasteiger partial charge in [-0.1, -0.05) is 106 Å². The summed E-state index contributed by atoms with van der Waals surface area (Å²) in [5.41, 5.74) is 12.6. The molecule has 0 fully saturated rings. The highest BCUT2D eigenvalue weighted by molar-refractivity contribution is 6.01. The van der Waals surface area contributed by atoms with Gasteiger partial charge in [0.05, 0.1) is 0 Å². The number of fused-ring (bicyclic) bond motifs is 1. The fraction of sp³-hybridized carbons (Fsp3) is 0.400. The number of carbonyl (C=O) groups excluding carboxylic acids is 1. The maximum absolute atomic E-state index is 12.0. The van der Waals surface area contributed by atoms with Crippen molar-refractivity contribution in [3.05, 3.63) is 105 Å². The van der Waals surface area contributed by atoms with Crippen LogP contribution in [0.3, 0.4) is 0 Å². The van der Waals surface area contributed by atoms with E-state index in [-0.39, 0.29) is 5.78 Å². The summed E-state index contributed by atoms with van der Waals surface area (Å²) < 4.78 is 0. The van der Waals surface area contributed by atoms with Crippen LogP contribution in [0.15, 0.2) is 60.7 Å². The third-order valence-corrected chi connectivity index (χ3v) is 7.48. The molecule has 1 unspecified atom stereocenters. The number of ketones is 1. The second-order valence-corrected chi connectivity index (χ2v) is 10.6. The summed E-state index contributed by atoms with van der Waals surface area (Å²) in [5, 5.41) is 0. The summed E-state index contributed by atoms with van der Waals surface area (Å²) in [5.74, 6) is 1.08. The summed E-state index contributed by atoms with van der Waals surface area (Å²) in [7, 11) is 0. The zero-order valence-electron chi connectivity index (χ0n) is 23.5. The Bertz CT molecular complexity index is 1210. The first kappa shape index (κ1) is 27.7. The van der Waals surface area contributed by atoms with Gasteiger partial charge in [0.2, 0.25) is 0 Å². The van der Waals surface area contributed by atoms with Crippen molar-refractivity contribution in [2.45, 2.75) is 87.0 Å². The van der Waals surface area contributed by atoms with Crippen molar-refractivity contribution in [2.24, 2.45) is 5.92 Å². The van der Waals surface area contributed by atoms with Crippen LogP contribution in [0.4, 0.5) is 0 Å². The molecule has 3 aromatic carbocycles. The monoisotopic (exact) mass is 480 g/mol. The van der Waals surface area contributed by atoms with E-state index in [1.165, 1.54) is 69.4 Å². The molecule has 0 amide bonds. The summed E-state index contributed by atoms with van der Waals surface area (Å²) in [4.78, 5) is 12.0. The molecule has 1 aliphatic carbocycles. The smallest absolute Gasteiger partial charge is 0.159 e. The van der Waals surface area contributed by atoms with Crippen molar-refractivity contribution in [3.63, 3.8) is 0 Å². The van der Waals surface area contributed by atoms with E-state index in [2.05, 4.69) is 96.1 Å². The van der Waals surface area contributed by atoms with Gasteiger partial charge < -0.3 is 0 Å². The third-order valence-electron chi connectivity index (χ3n) is 7.48. The number of hydrogen-bond acceptors (Lipinski definition) is 1. The lowest BCUT2D eigenvalue weighted by molar-refractivity contribution is 0.101. The molecule has 190 valence electrons. The predicted octanol–water partition coefficient (Wildman–Crippen LogP) is 9.94. The maximum atomic E-state index is 12.0. The topological polar surface area (TPSA) is 17.1 Å². The first-order valence-corrected chi connectivity index (χ1v) is 13.8. The van der Waals surface area contributed by atoms with Gasteiger partial charge in [-0.25, -0.2) is 0 Å². The summed E-state index contributed by atoms with van der Waals surface area (Å²) in [6.07, 6.45) is 7.21. The van der Waals surface area contributed by atoms with E-state index in [0.29, 0.717) is 0 Å². The highest BCUT2D eigenvalue weighted by Crippen LogP contribution is 2.41. The number of aryl methyl sites for hydroxylation is 4. The molecule has 0 spiro atoms. The Morgan fingerprint density at radius 1 is 0.833 bits per heavy atom. The molecule has 0 radical (unpaired) electrons. The zero-order chi connectivity index (χ0) is 26.2. The Morgan fingerprint density at radius 3 is 2.08 bits per heavy atom. The molecule has 36 heavy (non-hydrogen) atoms. The fourth-order valence-corrected chi connectivity index (χ4v) is 5.18. The van der Waals surface area contributed by atoms with E-state index >= 15 is 0 Å². The molecule has 0 saturated heterocycles. The van der Waals surface area contributed by atoms with Crippen molar-refractivity contribution in [1.82, 2.24) is 0 Å². The van der Waals surface area contributed by atoms with Gasteiger partial charge in [-0.15, -0.1) is 0 Å².